The van der Waals surface area contributed by atoms with Gasteiger partial charge in [0.25, 0.3) is 0 Å². The SMILES string of the molecule is C=CCN(C)C(=O)C(NC(C)=O)[C@H]1CN(C(=O)O)C[C@@H]1N=C(N)N. The molecule has 0 aromatic heterocycles. The molecule has 1 aliphatic rings. The Labute approximate surface area is 140 Å². The van der Waals surface area contributed by atoms with Gasteiger partial charge in [-0.1, -0.05) is 6.08 Å². The number of likely N-dealkylation sites (N-methyl/N-ethyl adjacent to an activating group) is 1. The maximum atomic E-state index is 12.7. The number of guanidine groups is 1. The highest BCUT2D eigenvalue weighted by atomic mass is 16.4. The van der Waals surface area contributed by atoms with E-state index in [0.29, 0.717) is 0 Å². The fourth-order valence-corrected chi connectivity index (χ4v) is 2.72. The Balaban J connectivity index is 3.14. The molecule has 1 aliphatic heterocycles. The molecule has 10 nitrogen and oxygen atoms in total. The van der Waals surface area contributed by atoms with E-state index in [1.165, 1.54) is 11.8 Å². The highest BCUT2D eigenvalue weighted by Crippen LogP contribution is 2.24. The average molecular weight is 340 g/mol. The molecule has 0 aromatic rings. The van der Waals surface area contributed by atoms with Gasteiger partial charge in [-0.2, -0.15) is 0 Å². The summed E-state index contributed by atoms with van der Waals surface area (Å²) in [5.41, 5.74) is 10.8. The molecule has 0 bridgehead atoms. The van der Waals surface area contributed by atoms with E-state index in [-0.39, 0.29) is 31.5 Å². The van der Waals surface area contributed by atoms with Crippen LogP contribution >= 0.6 is 0 Å². The van der Waals surface area contributed by atoms with Gasteiger partial charge >= 0.3 is 6.09 Å². The van der Waals surface area contributed by atoms with Crippen LogP contribution < -0.4 is 16.8 Å². The number of aliphatic imine (C=N–C) groups is 1. The van der Waals surface area contributed by atoms with Crippen molar-refractivity contribution in [2.45, 2.75) is 19.0 Å². The molecular weight excluding hydrogens is 316 g/mol. The zero-order valence-corrected chi connectivity index (χ0v) is 13.8. The Kier molecular flexibility index (Phi) is 6.57. The van der Waals surface area contributed by atoms with Crippen molar-refractivity contribution in [3.8, 4) is 0 Å². The van der Waals surface area contributed by atoms with Gasteiger partial charge in [-0.3, -0.25) is 9.59 Å². The summed E-state index contributed by atoms with van der Waals surface area (Å²) >= 11 is 0. The summed E-state index contributed by atoms with van der Waals surface area (Å²) in [7, 11) is 1.57. The number of carbonyl (C=O) groups is 3. The Hall–Kier alpha value is -2.78. The average Bonchev–Trinajstić information content (AvgIpc) is 2.87. The summed E-state index contributed by atoms with van der Waals surface area (Å²) in [6, 6.07) is -1.56. The van der Waals surface area contributed by atoms with Gasteiger partial charge in [0.15, 0.2) is 5.96 Å². The fourth-order valence-electron chi connectivity index (χ4n) is 2.72. The zero-order chi connectivity index (χ0) is 18.4. The fraction of sp³-hybridized carbons (Fsp3) is 0.571. The number of hydrogen-bond acceptors (Lipinski definition) is 4. The lowest BCUT2D eigenvalue weighted by atomic mass is 9.93. The maximum absolute atomic E-state index is 12.7. The molecule has 0 radical (unpaired) electrons. The molecule has 1 heterocycles. The molecule has 1 fully saturated rings. The van der Waals surface area contributed by atoms with Gasteiger partial charge in [0.1, 0.15) is 6.04 Å². The van der Waals surface area contributed by atoms with E-state index in [1.54, 1.807) is 13.1 Å². The number of amides is 3. The number of nitrogens with two attached hydrogens (primary N) is 2. The standard InChI is InChI=1S/C14H24N6O4/c1-4-5-19(3)12(22)11(17-8(2)21)9-6-20(14(23)24)7-10(9)18-13(15)16/h4,9-11H,1,5-7H2,2-3H3,(H,17,21)(H,23,24)(H4,15,16,18)/t9-,10-,11?/m0/s1. The van der Waals surface area contributed by atoms with Crippen molar-refractivity contribution in [3.63, 3.8) is 0 Å². The van der Waals surface area contributed by atoms with Gasteiger partial charge < -0.3 is 31.7 Å². The van der Waals surface area contributed by atoms with E-state index in [4.69, 9.17) is 11.5 Å². The summed E-state index contributed by atoms with van der Waals surface area (Å²) in [6.45, 7) is 5.23. The summed E-state index contributed by atoms with van der Waals surface area (Å²) < 4.78 is 0. The van der Waals surface area contributed by atoms with E-state index in [9.17, 15) is 19.5 Å². The molecule has 0 spiro atoms. The third kappa shape index (κ3) is 4.86. The topological polar surface area (TPSA) is 154 Å². The molecule has 1 rings (SSSR count). The van der Waals surface area contributed by atoms with Crippen LogP contribution in [0.1, 0.15) is 6.92 Å². The third-order valence-electron chi connectivity index (χ3n) is 3.75. The summed E-state index contributed by atoms with van der Waals surface area (Å²) in [6.07, 6.45) is 0.413. The van der Waals surface area contributed by atoms with E-state index < -0.39 is 30.0 Å². The number of carboxylic acid groups (broad SMARTS) is 1. The number of carbonyl (C=O) groups excluding carboxylic acids is 2. The van der Waals surface area contributed by atoms with E-state index in [2.05, 4.69) is 16.9 Å². The van der Waals surface area contributed by atoms with Crippen molar-refractivity contribution in [1.29, 1.82) is 0 Å². The second-order valence-electron chi connectivity index (χ2n) is 5.66. The first-order valence-corrected chi connectivity index (χ1v) is 7.37. The first kappa shape index (κ1) is 19.3. The minimum atomic E-state index is -1.14. The zero-order valence-electron chi connectivity index (χ0n) is 13.8. The second-order valence-corrected chi connectivity index (χ2v) is 5.66. The number of nitrogens with zero attached hydrogens (tertiary/aromatic N) is 3. The van der Waals surface area contributed by atoms with Gasteiger partial charge in [0.2, 0.25) is 11.8 Å². The van der Waals surface area contributed by atoms with Crippen LogP contribution in [0, 0.1) is 5.92 Å². The lowest BCUT2D eigenvalue weighted by molar-refractivity contribution is -0.136. The number of rotatable bonds is 6. The monoisotopic (exact) mass is 340 g/mol. The summed E-state index contributed by atoms with van der Waals surface area (Å²) in [5.74, 6) is -1.55. The van der Waals surface area contributed by atoms with Crippen LogP contribution in [0.2, 0.25) is 0 Å². The molecule has 3 amide bonds. The second kappa shape index (κ2) is 8.18. The van der Waals surface area contributed by atoms with Crippen LogP contribution in [-0.4, -0.2) is 77.5 Å². The first-order chi connectivity index (χ1) is 11.2. The highest BCUT2D eigenvalue weighted by molar-refractivity contribution is 5.87. The first-order valence-electron chi connectivity index (χ1n) is 7.37. The number of nitrogens with one attached hydrogen (secondary N) is 1. The van der Waals surface area contributed by atoms with Crippen molar-refractivity contribution >= 4 is 23.9 Å². The van der Waals surface area contributed by atoms with Crippen LogP contribution in [-0.2, 0) is 9.59 Å². The predicted octanol–water partition coefficient (Wildman–Crippen LogP) is -1.61. The number of hydrogen-bond donors (Lipinski definition) is 4. The van der Waals surface area contributed by atoms with Crippen molar-refractivity contribution < 1.29 is 19.5 Å². The largest absolute Gasteiger partial charge is 0.465 e. The molecule has 24 heavy (non-hydrogen) atoms. The molecule has 0 aliphatic carbocycles. The highest BCUT2D eigenvalue weighted by Gasteiger charge is 2.44. The molecule has 0 saturated carbocycles. The lowest BCUT2D eigenvalue weighted by Crippen LogP contribution is -2.53. The van der Waals surface area contributed by atoms with Gasteiger partial charge in [-0.05, 0) is 0 Å². The molecule has 1 saturated heterocycles. The van der Waals surface area contributed by atoms with Crippen LogP contribution in [0.4, 0.5) is 4.79 Å². The third-order valence-corrected chi connectivity index (χ3v) is 3.75. The van der Waals surface area contributed by atoms with Crippen LogP contribution in [0.3, 0.4) is 0 Å². The Morgan fingerprint density at radius 1 is 1.46 bits per heavy atom. The van der Waals surface area contributed by atoms with E-state index in [0.717, 1.165) is 4.90 Å². The Bertz CT molecular complexity index is 545. The molecule has 3 atom stereocenters. The van der Waals surface area contributed by atoms with Crippen molar-refractivity contribution in [1.82, 2.24) is 15.1 Å². The summed E-state index contributed by atoms with van der Waals surface area (Å²) in [4.78, 5) is 42.0. The minimum absolute atomic E-state index is 0.0371. The van der Waals surface area contributed by atoms with Crippen molar-refractivity contribution in [2.75, 3.05) is 26.7 Å². The lowest BCUT2D eigenvalue weighted by Gasteiger charge is -2.29. The maximum Gasteiger partial charge on any atom is 0.407 e. The van der Waals surface area contributed by atoms with Crippen LogP contribution in [0.15, 0.2) is 17.6 Å². The summed E-state index contributed by atoms with van der Waals surface area (Å²) in [5, 5.41) is 11.8. The van der Waals surface area contributed by atoms with Crippen molar-refractivity contribution in [3.05, 3.63) is 12.7 Å². The molecule has 10 heteroatoms. The minimum Gasteiger partial charge on any atom is -0.465 e. The number of likely N-dealkylation sites (tertiary alicyclic amines) is 1. The smallest absolute Gasteiger partial charge is 0.407 e. The quantitative estimate of drug-likeness (QED) is 0.259. The molecular formula is C14H24N6O4. The van der Waals surface area contributed by atoms with E-state index in [1.807, 2.05) is 0 Å². The predicted molar refractivity (Wildman–Crippen MR) is 88.1 cm³/mol. The van der Waals surface area contributed by atoms with Gasteiger partial charge in [0.05, 0.1) is 6.04 Å². The van der Waals surface area contributed by atoms with Gasteiger partial charge in [-0.25, -0.2) is 9.79 Å². The molecule has 6 N–H and O–H groups in total. The van der Waals surface area contributed by atoms with Gasteiger partial charge in [0, 0.05) is 39.5 Å². The molecule has 134 valence electrons. The normalized spacial score (nSPS) is 20.8. The van der Waals surface area contributed by atoms with Gasteiger partial charge in [-0.15, -0.1) is 6.58 Å². The van der Waals surface area contributed by atoms with E-state index >= 15 is 0 Å². The van der Waals surface area contributed by atoms with Crippen molar-refractivity contribution in [2.24, 2.45) is 22.4 Å². The molecule has 0 aromatic carbocycles. The Morgan fingerprint density at radius 2 is 2.08 bits per heavy atom. The Morgan fingerprint density at radius 3 is 2.54 bits per heavy atom. The van der Waals surface area contributed by atoms with Crippen LogP contribution in [0.25, 0.3) is 0 Å². The van der Waals surface area contributed by atoms with Crippen LogP contribution in [0.5, 0.6) is 0 Å². The molecule has 1 unspecified atom stereocenters.